The van der Waals surface area contributed by atoms with Gasteiger partial charge in [-0.1, -0.05) is 32.9 Å². The molecular weight excluding hydrogens is 240 g/mol. The largest absolute Gasteiger partial charge is 0.483 e. The molecule has 0 aromatic heterocycles. The van der Waals surface area contributed by atoms with Crippen LogP contribution in [0.2, 0.25) is 0 Å². The Balaban J connectivity index is 2.12. The molecule has 0 N–H and O–H groups in total. The van der Waals surface area contributed by atoms with Crippen LogP contribution in [0.3, 0.4) is 0 Å². The highest BCUT2D eigenvalue weighted by molar-refractivity contribution is 5.85. The predicted octanol–water partition coefficient (Wildman–Crippen LogP) is 3.39. The maximum absolute atomic E-state index is 11.9. The van der Waals surface area contributed by atoms with E-state index < -0.39 is 0 Å². The molecule has 1 aliphatic heterocycles. The minimum absolute atomic E-state index is 0.0855. The van der Waals surface area contributed by atoms with E-state index in [4.69, 9.17) is 9.47 Å². The van der Waals surface area contributed by atoms with Crippen molar-refractivity contribution < 1.29 is 14.3 Å². The van der Waals surface area contributed by atoms with Gasteiger partial charge in [0.25, 0.3) is 0 Å². The molecule has 1 aromatic rings. The summed E-state index contributed by atoms with van der Waals surface area (Å²) in [6.07, 6.45) is 0.868. The van der Waals surface area contributed by atoms with Gasteiger partial charge in [-0.2, -0.15) is 0 Å². The van der Waals surface area contributed by atoms with Gasteiger partial charge in [-0.3, -0.25) is 4.79 Å². The molecule has 0 atom stereocenters. The Labute approximate surface area is 114 Å². The summed E-state index contributed by atoms with van der Waals surface area (Å²) in [5.41, 5.74) is 0.569. The van der Waals surface area contributed by atoms with Crippen LogP contribution in [0.4, 0.5) is 0 Å². The number of benzene rings is 1. The first-order valence-electron chi connectivity index (χ1n) is 6.66. The lowest BCUT2D eigenvalue weighted by atomic mass is 9.91. The average Bonchev–Trinajstić information content (AvgIpc) is 2.58. The summed E-state index contributed by atoms with van der Waals surface area (Å²) >= 11 is 0. The second kappa shape index (κ2) is 4.55. The third kappa shape index (κ3) is 3.09. The molecule has 3 heteroatoms. The zero-order valence-electron chi connectivity index (χ0n) is 12.4. The van der Waals surface area contributed by atoms with E-state index in [9.17, 15) is 4.79 Å². The topological polar surface area (TPSA) is 35.5 Å². The van der Waals surface area contributed by atoms with Gasteiger partial charge < -0.3 is 9.47 Å². The SMILES string of the molecule is CC1(C)Cc2cccc(OCC(=O)C(C)(C)C)c2O1. The fourth-order valence-corrected chi connectivity index (χ4v) is 2.06. The van der Waals surface area contributed by atoms with Crippen molar-refractivity contribution in [2.24, 2.45) is 5.41 Å². The Morgan fingerprint density at radius 3 is 2.68 bits per heavy atom. The Hall–Kier alpha value is -1.51. The van der Waals surface area contributed by atoms with Gasteiger partial charge >= 0.3 is 0 Å². The number of fused-ring (bicyclic) bond motifs is 1. The van der Waals surface area contributed by atoms with Crippen LogP contribution in [0.1, 0.15) is 40.2 Å². The van der Waals surface area contributed by atoms with E-state index in [-0.39, 0.29) is 23.4 Å². The summed E-state index contributed by atoms with van der Waals surface area (Å²) in [5, 5.41) is 0. The Kier molecular flexibility index (Phi) is 3.33. The monoisotopic (exact) mass is 262 g/mol. The molecule has 1 aromatic carbocycles. The van der Waals surface area contributed by atoms with Crippen molar-refractivity contribution >= 4 is 5.78 Å². The number of ether oxygens (including phenoxy) is 2. The van der Waals surface area contributed by atoms with E-state index in [1.807, 2.05) is 39.0 Å². The summed E-state index contributed by atoms with van der Waals surface area (Å²) in [6, 6.07) is 5.85. The lowest BCUT2D eigenvalue weighted by Crippen LogP contribution is -2.27. The lowest BCUT2D eigenvalue weighted by Gasteiger charge is -2.19. The molecule has 0 unspecified atom stereocenters. The van der Waals surface area contributed by atoms with Crippen molar-refractivity contribution in [3.05, 3.63) is 23.8 Å². The molecular formula is C16H22O3. The van der Waals surface area contributed by atoms with Crippen molar-refractivity contribution in [3.8, 4) is 11.5 Å². The molecule has 2 rings (SSSR count). The maximum atomic E-state index is 11.9. The van der Waals surface area contributed by atoms with Crippen molar-refractivity contribution in [1.29, 1.82) is 0 Å². The average molecular weight is 262 g/mol. The van der Waals surface area contributed by atoms with Gasteiger partial charge in [0.15, 0.2) is 17.3 Å². The molecule has 0 bridgehead atoms. The standard InChI is InChI=1S/C16H22O3/c1-15(2,3)13(17)10-18-12-8-6-7-11-9-16(4,5)19-14(11)12/h6-8H,9-10H2,1-5H3. The molecule has 0 amide bonds. The van der Waals surface area contributed by atoms with Gasteiger partial charge in [-0.05, 0) is 19.9 Å². The van der Waals surface area contributed by atoms with Crippen molar-refractivity contribution in [1.82, 2.24) is 0 Å². The number of carbonyl (C=O) groups is 1. The molecule has 3 nitrogen and oxygen atoms in total. The van der Waals surface area contributed by atoms with Gasteiger partial charge in [-0.25, -0.2) is 0 Å². The van der Waals surface area contributed by atoms with E-state index >= 15 is 0 Å². The van der Waals surface area contributed by atoms with Crippen molar-refractivity contribution in [2.75, 3.05) is 6.61 Å². The quantitative estimate of drug-likeness (QED) is 0.837. The maximum Gasteiger partial charge on any atom is 0.175 e. The number of rotatable bonds is 3. The Morgan fingerprint density at radius 2 is 2.05 bits per heavy atom. The van der Waals surface area contributed by atoms with Gasteiger partial charge in [0.05, 0.1) is 0 Å². The Bertz CT molecular complexity index is 495. The van der Waals surface area contributed by atoms with E-state index in [1.54, 1.807) is 0 Å². The van der Waals surface area contributed by atoms with Gasteiger partial charge in [0.2, 0.25) is 0 Å². The summed E-state index contributed by atoms with van der Waals surface area (Å²) in [7, 11) is 0. The first-order valence-corrected chi connectivity index (χ1v) is 6.66. The van der Waals surface area contributed by atoms with Crippen LogP contribution in [0.25, 0.3) is 0 Å². The molecule has 0 spiro atoms. The number of para-hydroxylation sites is 1. The van der Waals surface area contributed by atoms with Crippen LogP contribution in [-0.2, 0) is 11.2 Å². The van der Waals surface area contributed by atoms with Crippen LogP contribution < -0.4 is 9.47 Å². The zero-order valence-corrected chi connectivity index (χ0v) is 12.4. The summed E-state index contributed by atoms with van der Waals surface area (Å²) < 4.78 is 11.6. The van der Waals surface area contributed by atoms with Crippen molar-refractivity contribution in [2.45, 2.75) is 46.6 Å². The molecule has 0 aliphatic carbocycles. The first-order chi connectivity index (χ1) is 8.69. The van der Waals surface area contributed by atoms with E-state index in [1.165, 1.54) is 0 Å². The highest BCUT2D eigenvalue weighted by atomic mass is 16.5. The smallest absolute Gasteiger partial charge is 0.175 e. The number of ketones is 1. The highest BCUT2D eigenvalue weighted by Crippen LogP contribution is 2.41. The lowest BCUT2D eigenvalue weighted by molar-refractivity contribution is -0.128. The fourth-order valence-electron chi connectivity index (χ4n) is 2.06. The summed E-state index contributed by atoms with van der Waals surface area (Å²) in [5.74, 6) is 1.54. The highest BCUT2D eigenvalue weighted by Gasteiger charge is 2.32. The molecule has 0 saturated heterocycles. The number of Topliss-reactive ketones (excluding diaryl/α,β-unsaturated/α-hetero) is 1. The molecule has 19 heavy (non-hydrogen) atoms. The molecule has 1 aliphatic rings. The van der Waals surface area contributed by atoms with E-state index in [0.29, 0.717) is 5.75 Å². The summed E-state index contributed by atoms with van der Waals surface area (Å²) in [4.78, 5) is 11.9. The van der Waals surface area contributed by atoms with E-state index in [2.05, 4.69) is 13.8 Å². The van der Waals surface area contributed by atoms with Gasteiger partial charge in [-0.15, -0.1) is 0 Å². The Morgan fingerprint density at radius 1 is 1.37 bits per heavy atom. The van der Waals surface area contributed by atoms with Crippen LogP contribution in [0.15, 0.2) is 18.2 Å². The molecule has 0 radical (unpaired) electrons. The summed E-state index contributed by atoms with van der Waals surface area (Å²) in [6.45, 7) is 9.88. The predicted molar refractivity (Wildman–Crippen MR) is 74.8 cm³/mol. The normalized spacial score (nSPS) is 16.7. The second-order valence-electron chi connectivity index (χ2n) is 6.74. The minimum Gasteiger partial charge on any atom is -0.483 e. The van der Waals surface area contributed by atoms with Crippen LogP contribution in [-0.4, -0.2) is 18.0 Å². The van der Waals surface area contributed by atoms with Crippen molar-refractivity contribution in [3.63, 3.8) is 0 Å². The second-order valence-corrected chi connectivity index (χ2v) is 6.74. The molecule has 0 fully saturated rings. The van der Waals surface area contributed by atoms with Crippen LogP contribution in [0.5, 0.6) is 11.5 Å². The van der Waals surface area contributed by atoms with Crippen LogP contribution in [0, 0.1) is 5.41 Å². The molecule has 0 saturated carbocycles. The number of carbonyl (C=O) groups excluding carboxylic acids is 1. The van der Waals surface area contributed by atoms with Gasteiger partial charge in [0.1, 0.15) is 12.2 Å². The minimum atomic E-state index is -0.377. The first kappa shape index (κ1) is 13.9. The van der Waals surface area contributed by atoms with Gasteiger partial charge in [0, 0.05) is 17.4 Å². The van der Waals surface area contributed by atoms with E-state index in [0.717, 1.165) is 17.7 Å². The van der Waals surface area contributed by atoms with Crippen LogP contribution >= 0.6 is 0 Å². The number of hydrogen-bond acceptors (Lipinski definition) is 3. The fraction of sp³-hybridized carbons (Fsp3) is 0.562. The molecule has 104 valence electrons. The number of hydrogen-bond donors (Lipinski definition) is 0. The third-order valence-electron chi connectivity index (χ3n) is 3.25. The third-order valence-corrected chi connectivity index (χ3v) is 3.25. The molecule has 1 heterocycles. The zero-order chi connectivity index (χ0) is 14.3.